The predicted molar refractivity (Wildman–Crippen MR) is 65.7 cm³/mol. The summed E-state index contributed by atoms with van der Waals surface area (Å²) in [6, 6.07) is 6.47. The summed E-state index contributed by atoms with van der Waals surface area (Å²) in [5, 5.41) is 23.3. The maximum Gasteiger partial charge on any atom is 0.269 e. The van der Waals surface area contributed by atoms with Crippen molar-refractivity contribution in [1.82, 2.24) is 5.32 Å². The molecule has 0 aromatic heterocycles. The Bertz CT molecular complexity index is 402. The molecule has 1 aromatic rings. The zero-order valence-electron chi connectivity index (χ0n) is 10.3. The molecule has 0 bridgehead atoms. The Morgan fingerprint density at radius 2 is 2.18 bits per heavy atom. The Morgan fingerprint density at radius 1 is 1.53 bits per heavy atom. The number of benzene rings is 1. The topological polar surface area (TPSA) is 75.4 Å². The second-order valence-corrected chi connectivity index (χ2v) is 4.68. The molecule has 0 heterocycles. The zero-order chi connectivity index (χ0) is 13.1. The Balaban J connectivity index is 2.70. The number of nitrogens with zero attached hydrogens (tertiary/aromatic N) is 1. The third kappa shape index (κ3) is 3.80. The van der Waals surface area contributed by atoms with Gasteiger partial charge in [0.1, 0.15) is 0 Å². The monoisotopic (exact) mass is 238 g/mol. The van der Waals surface area contributed by atoms with Crippen LogP contribution in [0.15, 0.2) is 24.3 Å². The molecule has 0 amide bonds. The van der Waals surface area contributed by atoms with Crippen LogP contribution in [-0.2, 0) is 6.54 Å². The molecule has 0 spiro atoms. The van der Waals surface area contributed by atoms with Gasteiger partial charge in [0.05, 0.1) is 11.0 Å². The highest BCUT2D eigenvalue weighted by molar-refractivity contribution is 5.34. The van der Waals surface area contributed by atoms with Crippen LogP contribution in [0.5, 0.6) is 0 Å². The van der Waals surface area contributed by atoms with E-state index >= 15 is 0 Å². The van der Waals surface area contributed by atoms with E-state index in [0.717, 1.165) is 5.56 Å². The summed E-state index contributed by atoms with van der Waals surface area (Å²) < 4.78 is 0. The number of hydrogen-bond donors (Lipinski definition) is 2. The first-order chi connectivity index (χ1) is 7.83. The molecule has 17 heavy (non-hydrogen) atoms. The molecule has 5 heteroatoms. The normalized spacial score (nSPS) is 13.4. The van der Waals surface area contributed by atoms with Gasteiger partial charge in [-0.25, -0.2) is 0 Å². The fourth-order valence-electron chi connectivity index (χ4n) is 1.26. The molecule has 0 aliphatic heterocycles. The molecule has 0 aliphatic carbocycles. The summed E-state index contributed by atoms with van der Waals surface area (Å²) in [5.74, 6) is 0. The third-order valence-electron chi connectivity index (χ3n) is 2.91. The summed E-state index contributed by atoms with van der Waals surface area (Å²) >= 11 is 0. The number of hydrogen-bond acceptors (Lipinski definition) is 4. The second-order valence-electron chi connectivity index (χ2n) is 4.68. The van der Waals surface area contributed by atoms with E-state index in [1.807, 2.05) is 19.9 Å². The summed E-state index contributed by atoms with van der Waals surface area (Å²) in [7, 11) is 0. The fraction of sp³-hybridized carbons (Fsp3) is 0.500. The molecular formula is C12H18N2O3. The van der Waals surface area contributed by atoms with E-state index in [4.69, 9.17) is 0 Å². The highest BCUT2D eigenvalue weighted by atomic mass is 16.6. The molecule has 0 fully saturated rings. The van der Waals surface area contributed by atoms with Crippen molar-refractivity contribution in [3.05, 3.63) is 39.9 Å². The van der Waals surface area contributed by atoms with Crippen molar-refractivity contribution < 1.29 is 10.0 Å². The van der Waals surface area contributed by atoms with Gasteiger partial charge in [0, 0.05) is 24.2 Å². The lowest BCUT2D eigenvalue weighted by Crippen LogP contribution is -2.47. The van der Waals surface area contributed by atoms with Gasteiger partial charge in [-0.05, 0) is 26.3 Å². The lowest BCUT2D eigenvalue weighted by molar-refractivity contribution is -0.384. The number of nitro benzene ring substituents is 1. The average Bonchev–Trinajstić information content (AvgIpc) is 2.26. The Labute approximate surface area is 101 Å². The van der Waals surface area contributed by atoms with Gasteiger partial charge in [0.15, 0.2) is 0 Å². The molecule has 1 unspecified atom stereocenters. The first-order valence-corrected chi connectivity index (χ1v) is 5.49. The molecule has 1 rings (SSSR count). The molecule has 0 radical (unpaired) electrons. The zero-order valence-corrected chi connectivity index (χ0v) is 10.3. The minimum atomic E-state index is -0.499. The first-order valence-electron chi connectivity index (χ1n) is 5.49. The standard InChI is InChI=1S/C12H18N2O3/c1-9(15)12(2,3)13-8-10-5-4-6-11(7-10)14(16)17/h4-7,9,13,15H,8H2,1-3H3. The fourth-order valence-corrected chi connectivity index (χ4v) is 1.26. The summed E-state index contributed by atoms with van der Waals surface area (Å²) in [6.07, 6.45) is -0.499. The van der Waals surface area contributed by atoms with Crippen molar-refractivity contribution >= 4 is 5.69 Å². The van der Waals surface area contributed by atoms with E-state index in [1.165, 1.54) is 12.1 Å². The predicted octanol–water partition coefficient (Wildman–Crippen LogP) is 1.84. The number of aliphatic hydroxyl groups excluding tert-OH is 1. The summed E-state index contributed by atoms with van der Waals surface area (Å²) in [5.41, 5.74) is 0.483. The van der Waals surface area contributed by atoms with E-state index in [-0.39, 0.29) is 5.69 Å². The number of nitro groups is 1. The summed E-state index contributed by atoms with van der Waals surface area (Å²) in [4.78, 5) is 10.2. The van der Waals surface area contributed by atoms with Gasteiger partial charge < -0.3 is 10.4 Å². The number of non-ortho nitro benzene ring substituents is 1. The van der Waals surface area contributed by atoms with E-state index in [9.17, 15) is 15.2 Å². The molecule has 94 valence electrons. The van der Waals surface area contributed by atoms with Crippen LogP contribution >= 0.6 is 0 Å². The largest absolute Gasteiger partial charge is 0.392 e. The van der Waals surface area contributed by atoms with Crippen LogP contribution < -0.4 is 5.32 Å². The lowest BCUT2D eigenvalue weighted by Gasteiger charge is -2.29. The number of rotatable bonds is 5. The van der Waals surface area contributed by atoms with E-state index < -0.39 is 16.6 Å². The minimum Gasteiger partial charge on any atom is -0.392 e. The third-order valence-corrected chi connectivity index (χ3v) is 2.91. The molecule has 1 aromatic carbocycles. The summed E-state index contributed by atoms with van der Waals surface area (Å²) in [6.45, 7) is 5.96. The molecule has 5 nitrogen and oxygen atoms in total. The van der Waals surface area contributed by atoms with Crippen molar-refractivity contribution in [3.8, 4) is 0 Å². The maximum absolute atomic E-state index is 10.6. The second kappa shape index (κ2) is 5.25. The molecule has 0 saturated heterocycles. The van der Waals surface area contributed by atoms with Crippen molar-refractivity contribution in [2.24, 2.45) is 0 Å². The van der Waals surface area contributed by atoms with Crippen LogP contribution in [0.4, 0.5) is 5.69 Å². The van der Waals surface area contributed by atoms with Gasteiger partial charge in [-0.2, -0.15) is 0 Å². The van der Waals surface area contributed by atoms with E-state index in [2.05, 4.69) is 5.32 Å². The quantitative estimate of drug-likeness (QED) is 0.606. The highest BCUT2D eigenvalue weighted by Gasteiger charge is 2.23. The first kappa shape index (κ1) is 13.6. The van der Waals surface area contributed by atoms with Gasteiger partial charge in [-0.3, -0.25) is 10.1 Å². The van der Waals surface area contributed by atoms with Crippen molar-refractivity contribution in [3.63, 3.8) is 0 Å². The Morgan fingerprint density at radius 3 is 2.71 bits per heavy atom. The van der Waals surface area contributed by atoms with Crippen LogP contribution in [0.3, 0.4) is 0 Å². The van der Waals surface area contributed by atoms with Gasteiger partial charge in [-0.15, -0.1) is 0 Å². The van der Waals surface area contributed by atoms with Crippen molar-refractivity contribution in [2.45, 2.75) is 39.0 Å². The van der Waals surface area contributed by atoms with Crippen LogP contribution in [0.2, 0.25) is 0 Å². The Hall–Kier alpha value is -1.46. The lowest BCUT2D eigenvalue weighted by atomic mass is 9.98. The van der Waals surface area contributed by atoms with Crippen LogP contribution in [0, 0.1) is 10.1 Å². The number of nitrogens with one attached hydrogen (secondary N) is 1. The highest BCUT2D eigenvalue weighted by Crippen LogP contribution is 2.15. The SMILES string of the molecule is CC(O)C(C)(C)NCc1cccc([N+](=O)[O-])c1. The minimum absolute atomic E-state index is 0.0825. The molecule has 0 aliphatic rings. The van der Waals surface area contributed by atoms with Gasteiger partial charge in [0.25, 0.3) is 5.69 Å². The average molecular weight is 238 g/mol. The van der Waals surface area contributed by atoms with Crippen molar-refractivity contribution in [2.75, 3.05) is 0 Å². The number of aliphatic hydroxyl groups is 1. The van der Waals surface area contributed by atoms with Crippen LogP contribution in [0.25, 0.3) is 0 Å². The van der Waals surface area contributed by atoms with Crippen molar-refractivity contribution in [1.29, 1.82) is 0 Å². The van der Waals surface area contributed by atoms with Gasteiger partial charge in [-0.1, -0.05) is 12.1 Å². The van der Waals surface area contributed by atoms with Crippen LogP contribution in [-0.4, -0.2) is 21.7 Å². The molecule has 2 N–H and O–H groups in total. The molecular weight excluding hydrogens is 220 g/mol. The van der Waals surface area contributed by atoms with Crippen LogP contribution in [0.1, 0.15) is 26.3 Å². The van der Waals surface area contributed by atoms with Gasteiger partial charge >= 0.3 is 0 Å². The van der Waals surface area contributed by atoms with Gasteiger partial charge in [0.2, 0.25) is 0 Å². The molecule has 1 atom stereocenters. The van der Waals surface area contributed by atoms with E-state index in [1.54, 1.807) is 13.0 Å². The molecule has 0 saturated carbocycles. The maximum atomic E-state index is 10.6. The Kier molecular flexibility index (Phi) is 4.20. The van der Waals surface area contributed by atoms with E-state index in [0.29, 0.717) is 6.54 Å². The smallest absolute Gasteiger partial charge is 0.269 e.